The van der Waals surface area contributed by atoms with E-state index in [2.05, 4.69) is 28.8 Å². The predicted octanol–water partition coefficient (Wildman–Crippen LogP) is 4.75. The number of fused-ring (bicyclic) bond motifs is 3. The van der Waals surface area contributed by atoms with Crippen molar-refractivity contribution in [3.63, 3.8) is 0 Å². The lowest BCUT2D eigenvalue weighted by atomic mass is 10.1. The second-order valence-electron chi connectivity index (χ2n) is 6.05. The number of methoxy groups -OCH3 is 1. The fraction of sp³-hybridized carbons (Fsp3) is 0.136. The first-order chi connectivity index (χ1) is 12.8. The Morgan fingerprint density at radius 3 is 2.58 bits per heavy atom. The number of ether oxygens (including phenoxy) is 2. The minimum absolute atomic E-state index is 0.0284. The number of rotatable bonds is 5. The molecule has 0 fully saturated rings. The molecular formula is C22H18N2O2. The van der Waals surface area contributed by atoms with Gasteiger partial charge in [-0.05, 0) is 29.8 Å². The summed E-state index contributed by atoms with van der Waals surface area (Å²) in [4.78, 5) is 0. The Balaban J connectivity index is 1.99. The molecular weight excluding hydrogens is 324 g/mol. The van der Waals surface area contributed by atoms with Crippen LogP contribution in [0.4, 0.5) is 0 Å². The van der Waals surface area contributed by atoms with Crippen molar-refractivity contribution in [3.05, 3.63) is 72.3 Å². The van der Waals surface area contributed by atoms with Crippen molar-refractivity contribution in [2.45, 2.75) is 6.54 Å². The van der Waals surface area contributed by atoms with Gasteiger partial charge < -0.3 is 14.0 Å². The zero-order valence-electron chi connectivity index (χ0n) is 14.5. The fourth-order valence-corrected chi connectivity index (χ4v) is 3.38. The van der Waals surface area contributed by atoms with Crippen molar-refractivity contribution < 1.29 is 9.47 Å². The summed E-state index contributed by atoms with van der Waals surface area (Å²) in [5.41, 5.74) is 3.38. The molecule has 0 bridgehead atoms. The highest BCUT2D eigenvalue weighted by Crippen LogP contribution is 2.37. The van der Waals surface area contributed by atoms with Gasteiger partial charge in [0.15, 0.2) is 6.61 Å². The van der Waals surface area contributed by atoms with E-state index in [0.29, 0.717) is 0 Å². The van der Waals surface area contributed by atoms with Gasteiger partial charge in [-0.25, -0.2) is 0 Å². The van der Waals surface area contributed by atoms with Gasteiger partial charge in [0.1, 0.15) is 17.6 Å². The van der Waals surface area contributed by atoms with E-state index in [-0.39, 0.29) is 6.61 Å². The number of hydrogen-bond donors (Lipinski definition) is 0. The Kier molecular flexibility index (Phi) is 4.20. The lowest BCUT2D eigenvalue weighted by Gasteiger charge is -2.09. The molecule has 0 unspecified atom stereocenters. The molecule has 0 aliphatic carbocycles. The Labute approximate surface area is 151 Å². The highest BCUT2D eigenvalue weighted by molar-refractivity contribution is 6.11. The Morgan fingerprint density at radius 2 is 1.81 bits per heavy atom. The molecule has 1 heterocycles. The lowest BCUT2D eigenvalue weighted by molar-refractivity contribution is 0.373. The van der Waals surface area contributed by atoms with Crippen LogP contribution in [0.2, 0.25) is 0 Å². The van der Waals surface area contributed by atoms with E-state index in [1.807, 2.05) is 48.5 Å². The first kappa shape index (κ1) is 16.0. The molecule has 128 valence electrons. The average Bonchev–Trinajstić information content (AvgIpc) is 3.01. The van der Waals surface area contributed by atoms with Crippen molar-refractivity contribution in [3.8, 4) is 17.6 Å². The second kappa shape index (κ2) is 6.81. The smallest absolute Gasteiger partial charge is 0.174 e. The van der Waals surface area contributed by atoms with E-state index in [9.17, 15) is 0 Å². The van der Waals surface area contributed by atoms with Crippen LogP contribution in [0.5, 0.6) is 11.5 Å². The number of nitrogens with zero attached hydrogens (tertiary/aromatic N) is 2. The SMILES string of the molecule is COc1ccc2c3c(OCC#N)cccc3n(Cc3ccccc3)c2c1. The normalized spacial score (nSPS) is 10.8. The van der Waals surface area contributed by atoms with E-state index >= 15 is 0 Å². The molecule has 4 rings (SSSR count). The first-order valence-corrected chi connectivity index (χ1v) is 8.44. The highest BCUT2D eigenvalue weighted by atomic mass is 16.5. The Hall–Kier alpha value is -3.45. The molecule has 0 saturated carbocycles. The van der Waals surface area contributed by atoms with Crippen LogP contribution in [0.15, 0.2) is 66.7 Å². The van der Waals surface area contributed by atoms with Crippen molar-refractivity contribution in [1.82, 2.24) is 4.57 Å². The largest absolute Gasteiger partial charge is 0.497 e. The fourth-order valence-electron chi connectivity index (χ4n) is 3.38. The quantitative estimate of drug-likeness (QED) is 0.526. The molecule has 0 aliphatic heterocycles. The van der Waals surface area contributed by atoms with Crippen LogP contribution in [0.25, 0.3) is 21.8 Å². The molecule has 0 aliphatic rings. The third-order valence-corrected chi connectivity index (χ3v) is 4.54. The molecule has 0 radical (unpaired) electrons. The zero-order valence-corrected chi connectivity index (χ0v) is 14.5. The number of nitriles is 1. The lowest BCUT2D eigenvalue weighted by Crippen LogP contribution is -1.99. The molecule has 4 heteroatoms. The molecule has 0 saturated heterocycles. The van der Waals surface area contributed by atoms with Crippen molar-refractivity contribution >= 4 is 21.8 Å². The van der Waals surface area contributed by atoms with E-state index in [4.69, 9.17) is 14.7 Å². The summed E-state index contributed by atoms with van der Waals surface area (Å²) in [5.74, 6) is 1.54. The number of hydrogen-bond acceptors (Lipinski definition) is 3. The molecule has 0 N–H and O–H groups in total. The number of aromatic nitrogens is 1. The summed E-state index contributed by atoms with van der Waals surface area (Å²) in [7, 11) is 1.67. The monoisotopic (exact) mass is 342 g/mol. The molecule has 1 aromatic heterocycles. The highest BCUT2D eigenvalue weighted by Gasteiger charge is 2.15. The van der Waals surface area contributed by atoms with E-state index in [1.165, 1.54) is 5.56 Å². The Bertz CT molecular complexity index is 1110. The van der Waals surface area contributed by atoms with Gasteiger partial charge in [-0.2, -0.15) is 5.26 Å². The molecule has 0 spiro atoms. The van der Waals surface area contributed by atoms with Crippen molar-refractivity contribution in [2.75, 3.05) is 13.7 Å². The maximum atomic E-state index is 8.88. The average molecular weight is 342 g/mol. The molecule has 3 aromatic carbocycles. The summed E-state index contributed by atoms with van der Waals surface area (Å²) in [5, 5.41) is 11.0. The summed E-state index contributed by atoms with van der Waals surface area (Å²) in [6.07, 6.45) is 0. The second-order valence-corrected chi connectivity index (χ2v) is 6.05. The molecule has 0 amide bonds. The van der Waals surface area contributed by atoms with Crippen LogP contribution in [0, 0.1) is 11.3 Å². The van der Waals surface area contributed by atoms with Crippen LogP contribution in [-0.4, -0.2) is 18.3 Å². The van der Waals surface area contributed by atoms with Gasteiger partial charge in [-0.3, -0.25) is 0 Å². The van der Waals surface area contributed by atoms with Gasteiger partial charge in [0.25, 0.3) is 0 Å². The maximum Gasteiger partial charge on any atom is 0.174 e. The van der Waals surface area contributed by atoms with Crippen LogP contribution in [0.1, 0.15) is 5.56 Å². The third kappa shape index (κ3) is 2.74. The molecule has 26 heavy (non-hydrogen) atoms. The minimum Gasteiger partial charge on any atom is -0.497 e. The van der Waals surface area contributed by atoms with E-state index in [0.717, 1.165) is 39.8 Å². The van der Waals surface area contributed by atoms with Gasteiger partial charge in [0.05, 0.1) is 18.1 Å². The number of benzene rings is 3. The van der Waals surface area contributed by atoms with Crippen LogP contribution in [-0.2, 0) is 6.54 Å². The van der Waals surface area contributed by atoms with Gasteiger partial charge in [-0.1, -0.05) is 36.4 Å². The predicted molar refractivity (Wildman–Crippen MR) is 103 cm³/mol. The van der Waals surface area contributed by atoms with Gasteiger partial charge >= 0.3 is 0 Å². The van der Waals surface area contributed by atoms with Crippen molar-refractivity contribution in [1.29, 1.82) is 5.26 Å². The molecule has 0 atom stereocenters. The third-order valence-electron chi connectivity index (χ3n) is 4.54. The van der Waals surface area contributed by atoms with E-state index in [1.54, 1.807) is 7.11 Å². The van der Waals surface area contributed by atoms with Crippen molar-refractivity contribution in [2.24, 2.45) is 0 Å². The summed E-state index contributed by atoms with van der Waals surface area (Å²) < 4.78 is 13.4. The molecule has 4 nitrogen and oxygen atoms in total. The summed E-state index contributed by atoms with van der Waals surface area (Å²) in [6, 6.07) is 24.4. The van der Waals surface area contributed by atoms with Gasteiger partial charge in [0.2, 0.25) is 0 Å². The van der Waals surface area contributed by atoms with Gasteiger partial charge in [-0.15, -0.1) is 0 Å². The standard InChI is InChI=1S/C22H18N2O2/c1-25-17-10-11-18-20(14-17)24(15-16-6-3-2-4-7-16)19-8-5-9-21(22(18)19)26-13-12-23/h2-11,14H,13,15H2,1H3. The van der Waals surface area contributed by atoms with Crippen LogP contribution >= 0.6 is 0 Å². The maximum absolute atomic E-state index is 8.88. The van der Waals surface area contributed by atoms with Crippen LogP contribution in [0.3, 0.4) is 0 Å². The van der Waals surface area contributed by atoms with Gasteiger partial charge in [0, 0.05) is 23.4 Å². The minimum atomic E-state index is 0.0284. The summed E-state index contributed by atoms with van der Waals surface area (Å²) >= 11 is 0. The molecule has 4 aromatic rings. The summed E-state index contributed by atoms with van der Waals surface area (Å²) in [6.45, 7) is 0.774. The zero-order chi connectivity index (χ0) is 17.9. The van der Waals surface area contributed by atoms with Crippen LogP contribution < -0.4 is 9.47 Å². The topological polar surface area (TPSA) is 47.2 Å². The Morgan fingerprint density at radius 1 is 0.962 bits per heavy atom. The van der Waals surface area contributed by atoms with E-state index < -0.39 is 0 Å². The first-order valence-electron chi connectivity index (χ1n) is 8.44.